The van der Waals surface area contributed by atoms with Crippen LogP contribution < -0.4 is 5.32 Å². The molecular formula is C20H18ClN3O2S. The van der Waals surface area contributed by atoms with Crippen LogP contribution in [0.3, 0.4) is 0 Å². The summed E-state index contributed by atoms with van der Waals surface area (Å²) in [7, 11) is 1.74. The summed E-state index contributed by atoms with van der Waals surface area (Å²) in [5, 5.41) is 4.97. The first-order valence-electron chi connectivity index (χ1n) is 8.34. The van der Waals surface area contributed by atoms with E-state index in [2.05, 4.69) is 10.3 Å². The molecule has 0 saturated carbocycles. The second-order valence-corrected chi connectivity index (χ2v) is 7.28. The number of hydrogen-bond acceptors (Lipinski definition) is 4. The summed E-state index contributed by atoms with van der Waals surface area (Å²) in [4.78, 5) is 31.4. The van der Waals surface area contributed by atoms with Crippen molar-refractivity contribution in [3.8, 4) is 0 Å². The lowest BCUT2D eigenvalue weighted by molar-refractivity contribution is 0.0796. The first-order chi connectivity index (χ1) is 13.0. The van der Waals surface area contributed by atoms with Crippen molar-refractivity contribution in [2.75, 3.05) is 18.9 Å². The Morgan fingerprint density at radius 1 is 1.19 bits per heavy atom. The second-order valence-electron chi connectivity index (χ2n) is 5.92. The molecule has 0 aliphatic rings. The minimum atomic E-state index is -0.250. The molecule has 27 heavy (non-hydrogen) atoms. The Morgan fingerprint density at radius 2 is 2.04 bits per heavy atom. The monoisotopic (exact) mass is 399 g/mol. The van der Waals surface area contributed by atoms with Crippen LogP contribution in [-0.2, 0) is 6.42 Å². The Balaban J connectivity index is 1.68. The topological polar surface area (TPSA) is 62.3 Å². The highest BCUT2D eigenvalue weighted by atomic mass is 35.5. The molecule has 0 aliphatic heterocycles. The maximum absolute atomic E-state index is 12.7. The highest BCUT2D eigenvalue weighted by molar-refractivity contribution is 7.12. The van der Waals surface area contributed by atoms with Gasteiger partial charge >= 0.3 is 0 Å². The number of pyridine rings is 1. The van der Waals surface area contributed by atoms with Gasteiger partial charge in [-0.05, 0) is 41.8 Å². The van der Waals surface area contributed by atoms with E-state index in [0.717, 1.165) is 5.69 Å². The van der Waals surface area contributed by atoms with E-state index < -0.39 is 0 Å². The summed E-state index contributed by atoms with van der Waals surface area (Å²) in [6.07, 6.45) is 2.40. The van der Waals surface area contributed by atoms with Gasteiger partial charge in [-0.1, -0.05) is 23.7 Å². The molecule has 0 bridgehead atoms. The number of nitrogens with one attached hydrogen (secondary N) is 1. The van der Waals surface area contributed by atoms with Crippen molar-refractivity contribution in [3.63, 3.8) is 0 Å². The molecule has 0 aliphatic carbocycles. The van der Waals surface area contributed by atoms with E-state index in [4.69, 9.17) is 11.6 Å². The molecule has 0 saturated heterocycles. The lowest BCUT2D eigenvalue weighted by Crippen LogP contribution is -2.29. The maximum Gasteiger partial charge on any atom is 0.265 e. The van der Waals surface area contributed by atoms with E-state index in [0.29, 0.717) is 34.1 Å². The van der Waals surface area contributed by atoms with Crippen LogP contribution in [0, 0.1) is 0 Å². The minimum absolute atomic E-state index is 0.144. The van der Waals surface area contributed by atoms with Gasteiger partial charge in [0.1, 0.15) is 0 Å². The summed E-state index contributed by atoms with van der Waals surface area (Å²) in [6.45, 7) is 0.537. The van der Waals surface area contributed by atoms with Crippen LogP contribution in [0.15, 0.2) is 60.1 Å². The summed E-state index contributed by atoms with van der Waals surface area (Å²) in [5.74, 6) is -0.394. The second kappa shape index (κ2) is 8.79. The van der Waals surface area contributed by atoms with E-state index in [1.165, 1.54) is 11.3 Å². The molecule has 3 aromatic rings. The third-order valence-corrected chi connectivity index (χ3v) is 5.18. The molecule has 138 valence electrons. The van der Waals surface area contributed by atoms with Crippen LogP contribution in [0.25, 0.3) is 0 Å². The lowest BCUT2D eigenvalue weighted by atomic mass is 10.1. The molecular weight excluding hydrogens is 382 g/mol. The lowest BCUT2D eigenvalue weighted by Gasteiger charge is -2.18. The van der Waals surface area contributed by atoms with Gasteiger partial charge in [0.05, 0.1) is 15.6 Å². The number of amides is 2. The number of anilines is 1. The minimum Gasteiger partial charge on any atom is -0.341 e. The van der Waals surface area contributed by atoms with E-state index in [1.807, 2.05) is 23.6 Å². The normalized spacial score (nSPS) is 10.4. The number of carbonyl (C=O) groups excluding carboxylic acids is 2. The van der Waals surface area contributed by atoms with Gasteiger partial charge in [0, 0.05) is 37.5 Å². The van der Waals surface area contributed by atoms with Crippen molar-refractivity contribution < 1.29 is 9.59 Å². The molecule has 0 radical (unpaired) electrons. The largest absolute Gasteiger partial charge is 0.341 e. The van der Waals surface area contributed by atoms with Crippen molar-refractivity contribution in [3.05, 3.63) is 81.3 Å². The van der Waals surface area contributed by atoms with Crippen LogP contribution in [0.5, 0.6) is 0 Å². The van der Waals surface area contributed by atoms with Crippen LogP contribution in [0.4, 0.5) is 5.69 Å². The molecule has 2 amide bonds. The fraction of sp³-hybridized carbons (Fsp3) is 0.150. The van der Waals surface area contributed by atoms with Crippen molar-refractivity contribution in [1.29, 1.82) is 0 Å². The van der Waals surface area contributed by atoms with Crippen LogP contribution in [0.1, 0.15) is 25.7 Å². The number of benzene rings is 1. The van der Waals surface area contributed by atoms with E-state index in [-0.39, 0.29) is 11.8 Å². The summed E-state index contributed by atoms with van der Waals surface area (Å²) in [6, 6.07) is 14.1. The molecule has 1 N–H and O–H groups in total. The van der Waals surface area contributed by atoms with Gasteiger partial charge in [-0.3, -0.25) is 14.6 Å². The predicted molar refractivity (Wildman–Crippen MR) is 109 cm³/mol. The van der Waals surface area contributed by atoms with Crippen molar-refractivity contribution in [2.45, 2.75) is 6.42 Å². The standard InChI is InChI=1S/C20H18ClN3O2S/c1-24(11-9-15-5-2-3-10-22-15)20(26)14-7-8-16(21)17(13-14)23-19(25)18-6-4-12-27-18/h2-8,10,12-13H,9,11H2,1H3,(H,23,25). The maximum atomic E-state index is 12.7. The van der Waals surface area contributed by atoms with E-state index >= 15 is 0 Å². The van der Waals surface area contributed by atoms with Gasteiger partial charge in [-0.15, -0.1) is 11.3 Å². The molecule has 1 aromatic carbocycles. The quantitative estimate of drug-likeness (QED) is 0.669. The highest BCUT2D eigenvalue weighted by Gasteiger charge is 2.15. The number of rotatable bonds is 6. The number of hydrogen-bond donors (Lipinski definition) is 1. The average molecular weight is 400 g/mol. The Kier molecular flexibility index (Phi) is 6.21. The van der Waals surface area contributed by atoms with Crippen LogP contribution in [0.2, 0.25) is 5.02 Å². The van der Waals surface area contributed by atoms with Gasteiger partial charge in [0.2, 0.25) is 0 Å². The van der Waals surface area contributed by atoms with Crippen molar-refractivity contribution in [2.24, 2.45) is 0 Å². The van der Waals surface area contributed by atoms with Gasteiger partial charge in [-0.2, -0.15) is 0 Å². The van der Waals surface area contributed by atoms with Gasteiger partial charge in [-0.25, -0.2) is 0 Å². The molecule has 0 unspecified atom stereocenters. The first kappa shape index (κ1) is 19.1. The third kappa shape index (κ3) is 4.93. The third-order valence-electron chi connectivity index (χ3n) is 3.98. The van der Waals surface area contributed by atoms with Crippen molar-refractivity contribution >= 4 is 40.4 Å². The molecule has 0 atom stereocenters. The fourth-order valence-corrected chi connectivity index (χ4v) is 3.28. The summed E-state index contributed by atoms with van der Waals surface area (Å²) < 4.78 is 0. The highest BCUT2D eigenvalue weighted by Crippen LogP contribution is 2.25. The smallest absolute Gasteiger partial charge is 0.265 e. The van der Waals surface area contributed by atoms with E-state index in [9.17, 15) is 9.59 Å². The zero-order chi connectivity index (χ0) is 19.2. The predicted octanol–water partition coefficient (Wildman–Crippen LogP) is 4.36. The van der Waals surface area contributed by atoms with Crippen LogP contribution in [-0.4, -0.2) is 35.3 Å². The zero-order valence-corrected chi connectivity index (χ0v) is 16.3. The zero-order valence-electron chi connectivity index (χ0n) is 14.7. The Bertz CT molecular complexity index is 930. The number of aromatic nitrogens is 1. The molecule has 0 fully saturated rings. The number of thiophene rings is 1. The van der Waals surface area contributed by atoms with Gasteiger partial charge in [0.25, 0.3) is 11.8 Å². The Morgan fingerprint density at radius 3 is 2.74 bits per heavy atom. The molecule has 2 heterocycles. The number of carbonyl (C=O) groups is 2. The number of likely N-dealkylation sites (N-methyl/N-ethyl adjacent to an activating group) is 1. The Hall–Kier alpha value is -2.70. The first-order valence-corrected chi connectivity index (χ1v) is 9.60. The Labute approximate surface area is 166 Å². The average Bonchev–Trinajstić information content (AvgIpc) is 3.23. The molecule has 3 rings (SSSR count). The van der Waals surface area contributed by atoms with Crippen molar-refractivity contribution in [1.82, 2.24) is 9.88 Å². The molecule has 0 spiro atoms. The SMILES string of the molecule is CN(CCc1ccccn1)C(=O)c1ccc(Cl)c(NC(=O)c2cccs2)c1. The molecule has 5 nitrogen and oxygen atoms in total. The summed E-state index contributed by atoms with van der Waals surface area (Å²) >= 11 is 7.52. The van der Waals surface area contributed by atoms with Gasteiger partial charge in [0.15, 0.2) is 0 Å². The molecule has 2 aromatic heterocycles. The van der Waals surface area contributed by atoms with E-state index in [1.54, 1.807) is 48.5 Å². The van der Waals surface area contributed by atoms with Crippen LogP contribution >= 0.6 is 22.9 Å². The summed E-state index contributed by atoms with van der Waals surface area (Å²) in [5.41, 5.74) is 1.81. The number of halogens is 1. The molecule has 7 heteroatoms. The number of nitrogens with zero attached hydrogens (tertiary/aromatic N) is 2. The fourth-order valence-electron chi connectivity index (χ4n) is 2.50. The van der Waals surface area contributed by atoms with Gasteiger partial charge < -0.3 is 10.2 Å².